The van der Waals surface area contributed by atoms with Crippen molar-refractivity contribution in [3.05, 3.63) is 29.8 Å². The quantitative estimate of drug-likeness (QED) is 0.836. The van der Waals surface area contributed by atoms with E-state index in [2.05, 4.69) is 38.1 Å². The number of hydrogen-bond donors (Lipinski definition) is 1. The van der Waals surface area contributed by atoms with Crippen molar-refractivity contribution in [2.75, 3.05) is 19.7 Å². The molecule has 0 radical (unpaired) electrons. The summed E-state index contributed by atoms with van der Waals surface area (Å²) < 4.78 is 6.19. The molecule has 0 unspecified atom stereocenters. The van der Waals surface area contributed by atoms with Gasteiger partial charge in [0.05, 0.1) is 18.6 Å². The van der Waals surface area contributed by atoms with Crippen molar-refractivity contribution in [1.82, 2.24) is 4.90 Å². The molecule has 1 aromatic rings. The third-order valence-corrected chi connectivity index (χ3v) is 6.27. The Bertz CT molecular complexity index is 590. The first-order valence-electron chi connectivity index (χ1n) is 10.1. The minimum absolute atomic E-state index is 0.0374. The zero-order chi connectivity index (χ0) is 18.7. The van der Waals surface area contributed by atoms with Gasteiger partial charge in [-0.25, -0.2) is 0 Å². The van der Waals surface area contributed by atoms with E-state index in [0.717, 1.165) is 44.5 Å². The average molecular weight is 360 g/mol. The number of likely N-dealkylation sites (tertiary alicyclic amines) is 1. The van der Waals surface area contributed by atoms with E-state index in [-0.39, 0.29) is 24.5 Å². The number of carbonyl (C=O) groups excluding carboxylic acids is 1. The maximum absolute atomic E-state index is 12.3. The topological polar surface area (TPSA) is 49.8 Å². The maximum Gasteiger partial charge on any atom is 0.228 e. The van der Waals surface area contributed by atoms with E-state index in [9.17, 15) is 9.90 Å². The fourth-order valence-corrected chi connectivity index (χ4v) is 4.32. The van der Waals surface area contributed by atoms with Crippen molar-refractivity contribution in [1.29, 1.82) is 0 Å². The molecule has 2 fully saturated rings. The average Bonchev–Trinajstić information content (AvgIpc) is 2.62. The number of rotatable bonds is 6. The molecular formula is C22H33NO3. The molecule has 1 saturated carbocycles. The highest BCUT2D eigenvalue weighted by atomic mass is 16.5. The first kappa shape index (κ1) is 19.2. The molecule has 3 rings (SSSR count). The van der Waals surface area contributed by atoms with E-state index in [1.165, 1.54) is 5.56 Å². The molecule has 1 N–H and O–H groups in total. The Morgan fingerprint density at radius 3 is 2.35 bits per heavy atom. The van der Waals surface area contributed by atoms with Crippen LogP contribution in [-0.4, -0.2) is 41.7 Å². The van der Waals surface area contributed by atoms with Crippen molar-refractivity contribution in [2.45, 2.75) is 64.9 Å². The predicted octanol–water partition coefficient (Wildman–Crippen LogP) is 3.98. The molecule has 1 spiro atoms. The van der Waals surface area contributed by atoms with Gasteiger partial charge in [0.1, 0.15) is 5.75 Å². The number of hydrogen-bond acceptors (Lipinski definition) is 3. The van der Waals surface area contributed by atoms with Gasteiger partial charge in [-0.1, -0.05) is 32.9 Å². The van der Waals surface area contributed by atoms with Crippen LogP contribution in [-0.2, 0) is 4.79 Å². The molecule has 0 aromatic heterocycles. The lowest BCUT2D eigenvalue weighted by Gasteiger charge is -2.54. The zero-order valence-corrected chi connectivity index (χ0v) is 16.4. The molecule has 1 aliphatic heterocycles. The summed E-state index contributed by atoms with van der Waals surface area (Å²) in [7, 11) is 0. The second-order valence-corrected chi connectivity index (χ2v) is 8.52. The molecule has 4 heteroatoms. The van der Waals surface area contributed by atoms with Gasteiger partial charge in [0.15, 0.2) is 0 Å². The number of amides is 1. The summed E-state index contributed by atoms with van der Waals surface area (Å²) >= 11 is 0. The Morgan fingerprint density at radius 2 is 1.85 bits per heavy atom. The molecular weight excluding hydrogens is 326 g/mol. The Hall–Kier alpha value is -1.55. The van der Waals surface area contributed by atoms with Gasteiger partial charge in [-0.2, -0.15) is 0 Å². The second-order valence-electron chi connectivity index (χ2n) is 8.52. The molecule has 0 bridgehead atoms. The summed E-state index contributed by atoms with van der Waals surface area (Å²) in [5.74, 6) is 1.42. The van der Waals surface area contributed by atoms with Crippen molar-refractivity contribution in [3.63, 3.8) is 0 Å². The van der Waals surface area contributed by atoms with Crippen molar-refractivity contribution >= 4 is 5.91 Å². The van der Waals surface area contributed by atoms with Gasteiger partial charge in [0.2, 0.25) is 5.91 Å². The van der Waals surface area contributed by atoms with Crippen LogP contribution in [0.25, 0.3) is 0 Å². The summed E-state index contributed by atoms with van der Waals surface area (Å²) in [6, 6.07) is 8.49. The van der Waals surface area contributed by atoms with Crippen LogP contribution in [0.5, 0.6) is 5.75 Å². The van der Waals surface area contributed by atoms with Crippen LogP contribution in [0.2, 0.25) is 0 Å². The van der Waals surface area contributed by atoms with Gasteiger partial charge < -0.3 is 14.7 Å². The molecule has 4 nitrogen and oxygen atoms in total. The van der Waals surface area contributed by atoms with Gasteiger partial charge in [-0.05, 0) is 55.7 Å². The van der Waals surface area contributed by atoms with Gasteiger partial charge in [-0.3, -0.25) is 4.79 Å². The summed E-state index contributed by atoms with van der Waals surface area (Å²) in [6.45, 7) is 8.05. The van der Waals surface area contributed by atoms with Crippen LogP contribution in [0.4, 0.5) is 0 Å². The number of ether oxygens (including phenoxy) is 1. The van der Waals surface area contributed by atoms with E-state index in [1.807, 2.05) is 11.8 Å². The molecule has 2 aliphatic rings. The Kier molecular flexibility index (Phi) is 5.91. The summed E-state index contributed by atoms with van der Waals surface area (Å²) in [6.07, 6.45) is 5.37. The molecule has 1 atom stereocenters. The first-order valence-corrected chi connectivity index (χ1v) is 10.1. The number of nitrogens with zero attached hydrogens (tertiary/aromatic N) is 1. The Morgan fingerprint density at radius 1 is 1.23 bits per heavy atom. The lowest BCUT2D eigenvalue weighted by molar-refractivity contribution is -0.152. The van der Waals surface area contributed by atoms with E-state index < -0.39 is 0 Å². The molecule has 1 heterocycles. The standard InChI is InChI=1S/C22H33NO3/c1-4-17(13-24)21(25)23-14-22(15-23)11-9-20(10-12-22)26-19-7-5-18(6-8-19)16(2)3/h5-8,16-17,20,24H,4,9-15H2,1-3H3/t17-/m1/s1. The highest BCUT2D eigenvalue weighted by molar-refractivity contribution is 5.80. The van der Waals surface area contributed by atoms with Crippen LogP contribution >= 0.6 is 0 Å². The van der Waals surface area contributed by atoms with Crippen LogP contribution in [0.3, 0.4) is 0 Å². The zero-order valence-electron chi connectivity index (χ0n) is 16.4. The fraction of sp³-hybridized carbons (Fsp3) is 0.682. The van der Waals surface area contributed by atoms with Gasteiger partial charge in [-0.15, -0.1) is 0 Å². The minimum atomic E-state index is -0.221. The van der Waals surface area contributed by atoms with Crippen LogP contribution in [0.1, 0.15) is 64.4 Å². The SMILES string of the molecule is CC[C@H](CO)C(=O)N1CC2(CCC(Oc3ccc(C(C)C)cc3)CC2)C1. The Labute approximate surface area is 157 Å². The summed E-state index contributed by atoms with van der Waals surface area (Å²) in [5.41, 5.74) is 1.64. The molecule has 1 aliphatic carbocycles. The second kappa shape index (κ2) is 7.99. The number of aliphatic hydroxyl groups excluding tert-OH is 1. The predicted molar refractivity (Wildman–Crippen MR) is 103 cm³/mol. The van der Waals surface area contributed by atoms with Crippen molar-refractivity contribution in [2.24, 2.45) is 11.3 Å². The van der Waals surface area contributed by atoms with Crippen LogP contribution < -0.4 is 4.74 Å². The maximum atomic E-state index is 12.3. The lowest BCUT2D eigenvalue weighted by Crippen LogP contribution is -2.61. The molecule has 1 saturated heterocycles. The smallest absolute Gasteiger partial charge is 0.228 e. The van der Waals surface area contributed by atoms with Crippen LogP contribution in [0, 0.1) is 11.3 Å². The normalized spacial score (nSPS) is 20.9. The van der Waals surface area contributed by atoms with Gasteiger partial charge in [0.25, 0.3) is 0 Å². The highest BCUT2D eigenvalue weighted by Crippen LogP contribution is 2.45. The van der Waals surface area contributed by atoms with E-state index >= 15 is 0 Å². The summed E-state index contributed by atoms with van der Waals surface area (Å²) in [5, 5.41) is 9.33. The minimum Gasteiger partial charge on any atom is -0.490 e. The molecule has 26 heavy (non-hydrogen) atoms. The van der Waals surface area contributed by atoms with Gasteiger partial charge >= 0.3 is 0 Å². The van der Waals surface area contributed by atoms with E-state index in [4.69, 9.17) is 4.74 Å². The highest BCUT2D eigenvalue weighted by Gasteiger charge is 2.47. The number of aliphatic hydroxyl groups is 1. The van der Waals surface area contributed by atoms with Gasteiger partial charge in [0, 0.05) is 18.5 Å². The third-order valence-electron chi connectivity index (χ3n) is 6.27. The largest absolute Gasteiger partial charge is 0.490 e. The van der Waals surface area contributed by atoms with Crippen molar-refractivity contribution < 1.29 is 14.6 Å². The number of benzene rings is 1. The van der Waals surface area contributed by atoms with E-state index in [0.29, 0.717) is 17.8 Å². The van der Waals surface area contributed by atoms with Crippen molar-refractivity contribution in [3.8, 4) is 5.75 Å². The lowest BCUT2D eigenvalue weighted by atomic mass is 9.67. The third kappa shape index (κ3) is 4.06. The molecule has 144 valence electrons. The summed E-state index contributed by atoms with van der Waals surface area (Å²) in [4.78, 5) is 14.3. The fourth-order valence-electron chi connectivity index (χ4n) is 4.32. The monoisotopic (exact) mass is 359 g/mol. The number of carbonyl (C=O) groups is 1. The first-order chi connectivity index (χ1) is 12.5. The van der Waals surface area contributed by atoms with E-state index in [1.54, 1.807) is 0 Å². The van der Waals surface area contributed by atoms with Crippen LogP contribution in [0.15, 0.2) is 24.3 Å². The molecule has 1 aromatic carbocycles. The molecule has 1 amide bonds. The Balaban J connectivity index is 1.46.